The third-order valence-corrected chi connectivity index (χ3v) is 3.61. The maximum atomic E-state index is 8.63. The summed E-state index contributed by atoms with van der Waals surface area (Å²) in [6.07, 6.45) is 3.85. The van der Waals surface area contributed by atoms with Crippen LogP contribution in [0.15, 0.2) is 30.6 Å². The first-order chi connectivity index (χ1) is 9.69. The number of fused-ring (bicyclic) bond motifs is 1. The van der Waals surface area contributed by atoms with Gasteiger partial charge < -0.3 is 4.90 Å². The normalized spacial score (nSPS) is 16.2. The van der Waals surface area contributed by atoms with E-state index in [1.165, 1.54) is 11.3 Å². The molecule has 0 radical (unpaired) electrons. The van der Waals surface area contributed by atoms with E-state index in [1.54, 1.807) is 4.68 Å². The van der Waals surface area contributed by atoms with Crippen molar-refractivity contribution in [1.29, 1.82) is 5.26 Å². The van der Waals surface area contributed by atoms with Crippen LogP contribution in [0.25, 0.3) is 11.1 Å². The first-order valence-corrected chi connectivity index (χ1v) is 6.43. The molecule has 1 aliphatic heterocycles. The maximum absolute atomic E-state index is 8.63. The molecule has 0 N–H and O–H groups in total. The van der Waals surface area contributed by atoms with Crippen LogP contribution in [0.2, 0.25) is 0 Å². The first-order valence-electron chi connectivity index (χ1n) is 6.43. The Balaban J connectivity index is 2.05. The van der Waals surface area contributed by atoms with Crippen molar-refractivity contribution in [1.82, 2.24) is 9.78 Å². The Bertz CT molecular complexity index is 755. The van der Waals surface area contributed by atoms with Crippen molar-refractivity contribution < 1.29 is 0 Å². The fourth-order valence-electron chi connectivity index (χ4n) is 2.64. The van der Waals surface area contributed by atoms with Gasteiger partial charge in [0.1, 0.15) is 0 Å². The summed E-state index contributed by atoms with van der Waals surface area (Å²) in [6, 6.07) is 8.28. The van der Waals surface area contributed by atoms with E-state index in [4.69, 9.17) is 5.26 Å². The second-order valence-corrected chi connectivity index (χ2v) is 4.99. The third kappa shape index (κ3) is 2.02. The van der Waals surface area contributed by atoms with Crippen LogP contribution in [0.4, 0.5) is 5.69 Å². The van der Waals surface area contributed by atoms with E-state index >= 15 is 0 Å². The van der Waals surface area contributed by atoms with Gasteiger partial charge >= 0.3 is 0 Å². The third-order valence-electron chi connectivity index (χ3n) is 3.61. The number of anilines is 1. The van der Waals surface area contributed by atoms with Crippen molar-refractivity contribution in [2.45, 2.75) is 5.92 Å². The highest BCUT2D eigenvalue weighted by Crippen LogP contribution is 2.37. The van der Waals surface area contributed by atoms with Crippen LogP contribution >= 0.6 is 0 Å². The zero-order chi connectivity index (χ0) is 14.1. The number of hydrogen-bond donors (Lipinski definition) is 0. The van der Waals surface area contributed by atoms with Gasteiger partial charge in [0.2, 0.25) is 0 Å². The molecule has 0 saturated carbocycles. The fraction of sp³-hybridized carbons (Fsp3) is 0.250. The highest BCUT2D eigenvalue weighted by molar-refractivity contribution is 5.71. The second-order valence-electron chi connectivity index (χ2n) is 4.99. The molecule has 0 saturated heterocycles. The van der Waals surface area contributed by atoms with Gasteiger partial charge in [-0.05, 0) is 23.3 Å². The first kappa shape index (κ1) is 12.3. The minimum atomic E-state index is 0.103. The summed E-state index contributed by atoms with van der Waals surface area (Å²) in [5, 5.41) is 12.8. The van der Waals surface area contributed by atoms with Gasteiger partial charge in [-0.15, -0.1) is 0 Å². The van der Waals surface area contributed by atoms with E-state index in [0.29, 0.717) is 0 Å². The van der Waals surface area contributed by atoms with Crippen LogP contribution in [0.1, 0.15) is 11.5 Å². The predicted octanol–water partition coefficient (Wildman–Crippen LogP) is 2.15. The average Bonchev–Trinajstić information content (AvgIpc) is 3.01. The van der Waals surface area contributed by atoms with Crippen LogP contribution in [0.3, 0.4) is 0 Å². The lowest BCUT2D eigenvalue weighted by atomic mass is 9.98. The van der Waals surface area contributed by atoms with E-state index in [2.05, 4.69) is 47.1 Å². The molecule has 1 aromatic carbocycles. The molecule has 1 atom stereocenters. The summed E-state index contributed by atoms with van der Waals surface area (Å²) in [7, 11) is 3.96. The highest BCUT2D eigenvalue weighted by atomic mass is 15.2. The molecule has 4 heteroatoms. The Morgan fingerprint density at radius 1 is 1.30 bits per heavy atom. The molecule has 1 unspecified atom stereocenters. The van der Waals surface area contributed by atoms with Crippen LogP contribution in [0.5, 0.6) is 0 Å². The summed E-state index contributed by atoms with van der Waals surface area (Å²) >= 11 is 0. The molecule has 0 fully saturated rings. The second kappa shape index (κ2) is 4.75. The van der Waals surface area contributed by atoms with Crippen molar-refractivity contribution in [2.75, 3.05) is 18.5 Å². The standard InChI is InChI=1S/C16H14N4/c1-19-10-13(4-3-7-17)15-8-12(5-6-16(15)19)14-9-18-20(2)11-14/h5-6,8-9,11,13H,10H2,1-2H3. The highest BCUT2D eigenvalue weighted by Gasteiger charge is 2.25. The Morgan fingerprint density at radius 3 is 2.85 bits per heavy atom. The van der Waals surface area contributed by atoms with Gasteiger partial charge in [0.25, 0.3) is 0 Å². The lowest BCUT2D eigenvalue weighted by Gasteiger charge is -2.11. The topological polar surface area (TPSA) is 44.9 Å². The number of hydrogen-bond acceptors (Lipinski definition) is 3. The summed E-state index contributed by atoms with van der Waals surface area (Å²) < 4.78 is 1.79. The SMILES string of the molecule is CN1CC(C#CC#N)c2cc(-c3cnn(C)c3)ccc21. The van der Waals surface area contributed by atoms with Crippen LogP contribution in [-0.4, -0.2) is 23.4 Å². The summed E-state index contributed by atoms with van der Waals surface area (Å²) in [4.78, 5) is 2.18. The van der Waals surface area contributed by atoms with Crippen LogP contribution in [-0.2, 0) is 7.05 Å². The summed E-state index contributed by atoms with van der Waals surface area (Å²) in [5.74, 6) is 5.66. The van der Waals surface area contributed by atoms with E-state index in [0.717, 1.165) is 17.7 Å². The molecule has 98 valence electrons. The largest absolute Gasteiger partial charge is 0.373 e. The molecule has 1 aliphatic rings. The van der Waals surface area contributed by atoms with Crippen LogP contribution in [0, 0.1) is 23.2 Å². The molecular weight excluding hydrogens is 248 g/mol. The quantitative estimate of drug-likeness (QED) is 0.740. The number of rotatable bonds is 1. The van der Waals surface area contributed by atoms with Crippen molar-refractivity contribution in [2.24, 2.45) is 7.05 Å². The number of nitrogens with zero attached hydrogens (tertiary/aromatic N) is 4. The van der Waals surface area contributed by atoms with E-state index in [9.17, 15) is 0 Å². The van der Waals surface area contributed by atoms with Gasteiger partial charge in [0, 0.05) is 44.0 Å². The molecule has 0 spiro atoms. The van der Waals surface area contributed by atoms with Crippen molar-refractivity contribution in [3.63, 3.8) is 0 Å². The molecule has 0 amide bonds. The zero-order valence-electron chi connectivity index (χ0n) is 11.5. The van der Waals surface area contributed by atoms with Crippen molar-refractivity contribution in [3.05, 3.63) is 36.2 Å². The number of aromatic nitrogens is 2. The van der Waals surface area contributed by atoms with E-state index in [-0.39, 0.29) is 5.92 Å². The lowest BCUT2D eigenvalue weighted by molar-refractivity contribution is 0.768. The Hall–Kier alpha value is -2.72. The van der Waals surface area contributed by atoms with Gasteiger partial charge in [-0.25, -0.2) is 0 Å². The predicted molar refractivity (Wildman–Crippen MR) is 78.0 cm³/mol. The van der Waals surface area contributed by atoms with Gasteiger partial charge in [-0.3, -0.25) is 4.68 Å². The van der Waals surface area contributed by atoms with Crippen LogP contribution < -0.4 is 4.90 Å². The van der Waals surface area contributed by atoms with Gasteiger partial charge in [-0.1, -0.05) is 12.0 Å². The molecule has 0 aliphatic carbocycles. The lowest BCUT2D eigenvalue weighted by Crippen LogP contribution is -2.14. The molecule has 2 heterocycles. The zero-order valence-corrected chi connectivity index (χ0v) is 11.5. The Kier molecular flexibility index (Phi) is 2.93. The molecule has 1 aromatic heterocycles. The molecule has 0 bridgehead atoms. The maximum Gasteiger partial charge on any atom is 0.152 e. The molecular formula is C16H14N4. The minimum absolute atomic E-state index is 0.103. The number of benzene rings is 1. The number of aryl methyl sites for hydroxylation is 1. The van der Waals surface area contributed by atoms with Crippen molar-refractivity contribution >= 4 is 5.69 Å². The van der Waals surface area contributed by atoms with E-state index < -0.39 is 0 Å². The monoisotopic (exact) mass is 262 g/mol. The smallest absolute Gasteiger partial charge is 0.152 e. The van der Waals surface area contributed by atoms with Gasteiger partial charge in [0.15, 0.2) is 6.07 Å². The number of nitriles is 1. The molecule has 2 aromatic rings. The summed E-state index contributed by atoms with van der Waals surface area (Å²) in [6.45, 7) is 0.834. The van der Waals surface area contributed by atoms with Gasteiger partial charge in [0.05, 0.1) is 12.1 Å². The Morgan fingerprint density at radius 2 is 2.15 bits per heavy atom. The molecule has 4 nitrogen and oxygen atoms in total. The van der Waals surface area contributed by atoms with Gasteiger partial charge in [-0.2, -0.15) is 10.4 Å². The van der Waals surface area contributed by atoms with E-state index in [1.807, 2.05) is 25.5 Å². The fourth-order valence-corrected chi connectivity index (χ4v) is 2.64. The number of likely N-dealkylation sites (N-methyl/N-ethyl adjacent to an activating group) is 1. The average molecular weight is 262 g/mol. The Labute approximate surface area is 118 Å². The molecule has 3 rings (SSSR count). The molecule has 20 heavy (non-hydrogen) atoms. The summed E-state index contributed by atoms with van der Waals surface area (Å²) in [5.41, 5.74) is 4.61. The minimum Gasteiger partial charge on any atom is -0.373 e. The van der Waals surface area contributed by atoms with Crippen molar-refractivity contribution in [3.8, 4) is 29.0 Å².